The minimum Gasteiger partial charge on any atom is -0.385 e. The van der Waals surface area contributed by atoms with E-state index in [4.69, 9.17) is 4.74 Å². The van der Waals surface area contributed by atoms with Crippen molar-refractivity contribution in [2.45, 2.75) is 32.9 Å². The van der Waals surface area contributed by atoms with E-state index in [0.29, 0.717) is 12.2 Å². The molecule has 0 fully saturated rings. The van der Waals surface area contributed by atoms with Crippen molar-refractivity contribution < 1.29 is 9.53 Å². The molecule has 0 unspecified atom stereocenters. The second-order valence-corrected chi connectivity index (χ2v) is 7.07. The molecule has 3 aromatic rings. The van der Waals surface area contributed by atoms with Gasteiger partial charge in [0.1, 0.15) is 6.33 Å². The number of nitrogens with one attached hydrogen (secondary N) is 1. The second-order valence-electron chi connectivity index (χ2n) is 5.84. The molecule has 7 nitrogen and oxygen atoms in total. The van der Waals surface area contributed by atoms with Crippen LogP contribution < -0.4 is 5.32 Å². The van der Waals surface area contributed by atoms with Crippen molar-refractivity contribution in [3.63, 3.8) is 0 Å². The average Bonchev–Trinajstić information content (AvgIpc) is 3.19. The van der Waals surface area contributed by atoms with Crippen molar-refractivity contribution in [1.82, 2.24) is 25.1 Å². The maximum Gasteiger partial charge on any atom is 0.251 e. The number of carbonyl (C=O) groups excluding carboxylic acids is 1. The first-order chi connectivity index (χ1) is 12.1. The van der Waals surface area contributed by atoms with Crippen molar-refractivity contribution in [3.8, 4) is 0 Å². The van der Waals surface area contributed by atoms with E-state index in [-0.39, 0.29) is 11.9 Å². The number of benzene rings is 1. The van der Waals surface area contributed by atoms with Crippen molar-refractivity contribution in [2.75, 3.05) is 13.7 Å². The molecule has 25 heavy (non-hydrogen) atoms. The Morgan fingerprint density at radius 2 is 2.28 bits per heavy atom. The molecule has 0 saturated heterocycles. The molecule has 2 heterocycles. The number of methoxy groups -OCH3 is 1. The van der Waals surface area contributed by atoms with Crippen LogP contribution in [0.25, 0.3) is 10.2 Å². The van der Waals surface area contributed by atoms with E-state index in [1.165, 1.54) is 0 Å². The fourth-order valence-corrected chi connectivity index (χ4v) is 3.49. The average molecular weight is 359 g/mol. The Hall–Kier alpha value is -2.32. The normalized spacial score (nSPS) is 12.4. The molecule has 0 aliphatic carbocycles. The number of rotatable bonds is 7. The van der Waals surface area contributed by atoms with Gasteiger partial charge >= 0.3 is 0 Å². The number of nitrogens with zero attached hydrogens (tertiary/aromatic N) is 4. The third kappa shape index (κ3) is 4.02. The van der Waals surface area contributed by atoms with Gasteiger partial charge in [-0.05, 0) is 38.5 Å². The number of thiazole rings is 1. The Morgan fingerprint density at radius 1 is 1.44 bits per heavy atom. The summed E-state index contributed by atoms with van der Waals surface area (Å²) >= 11 is 1.62. The van der Waals surface area contributed by atoms with Crippen LogP contribution in [0.5, 0.6) is 0 Å². The van der Waals surface area contributed by atoms with Gasteiger partial charge in [0.25, 0.3) is 5.91 Å². The van der Waals surface area contributed by atoms with E-state index in [9.17, 15) is 4.79 Å². The first-order valence-electron chi connectivity index (χ1n) is 8.13. The van der Waals surface area contributed by atoms with Crippen molar-refractivity contribution in [2.24, 2.45) is 0 Å². The van der Waals surface area contributed by atoms with E-state index in [0.717, 1.165) is 34.0 Å². The van der Waals surface area contributed by atoms with Crippen LogP contribution in [-0.2, 0) is 11.3 Å². The summed E-state index contributed by atoms with van der Waals surface area (Å²) in [5.74, 6) is 0.585. The van der Waals surface area contributed by atoms with Crippen LogP contribution in [0.3, 0.4) is 0 Å². The SMILES string of the molecule is COCCCn1cnnc1[C@H](C)NC(=O)c1ccc2sc(C)nc2c1. The van der Waals surface area contributed by atoms with Gasteiger partial charge in [-0.2, -0.15) is 0 Å². The second kappa shape index (κ2) is 7.71. The monoisotopic (exact) mass is 359 g/mol. The summed E-state index contributed by atoms with van der Waals surface area (Å²) in [6.45, 7) is 5.29. The van der Waals surface area contributed by atoms with Gasteiger partial charge in [0.05, 0.1) is 21.3 Å². The van der Waals surface area contributed by atoms with E-state index in [2.05, 4.69) is 20.5 Å². The Labute approximate surface area is 150 Å². The lowest BCUT2D eigenvalue weighted by Gasteiger charge is -2.15. The highest BCUT2D eigenvalue weighted by atomic mass is 32.1. The van der Waals surface area contributed by atoms with Crippen molar-refractivity contribution in [1.29, 1.82) is 0 Å². The minimum atomic E-state index is -0.245. The first-order valence-corrected chi connectivity index (χ1v) is 8.95. The third-order valence-corrected chi connectivity index (χ3v) is 4.84. The summed E-state index contributed by atoms with van der Waals surface area (Å²) in [6.07, 6.45) is 2.54. The van der Waals surface area contributed by atoms with Crippen LogP contribution in [0.15, 0.2) is 24.5 Å². The zero-order valence-electron chi connectivity index (χ0n) is 14.5. The van der Waals surface area contributed by atoms with Crippen LogP contribution in [0.2, 0.25) is 0 Å². The molecule has 0 bridgehead atoms. The van der Waals surface area contributed by atoms with Crippen molar-refractivity contribution >= 4 is 27.5 Å². The summed E-state index contributed by atoms with van der Waals surface area (Å²) in [4.78, 5) is 17.0. The molecule has 1 atom stereocenters. The Bertz CT molecular complexity index is 873. The quantitative estimate of drug-likeness (QED) is 0.656. The molecule has 8 heteroatoms. The number of carbonyl (C=O) groups is 1. The highest BCUT2D eigenvalue weighted by Gasteiger charge is 2.17. The summed E-state index contributed by atoms with van der Waals surface area (Å²) in [7, 11) is 1.68. The van der Waals surface area contributed by atoms with Crippen LogP contribution >= 0.6 is 11.3 Å². The lowest BCUT2D eigenvalue weighted by Crippen LogP contribution is -2.28. The zero-order chi connectivity index (χ0) is 17.8. The maximum atomic E-state index is 12.6. The molecule has 132 valence electrons. The predicted molar refractivity (Wildman–Crippen MR) is 96.8 cm³/mol. The fraction of sp³-hybridized carbons (Fsp3) is 0.412. The highest BCUT2D eigenvalue weighted by Crippen LogP contribution is 2.22. The molecule has 0 spiro atoms. The molecule has 2 aromatic heterocycles. The number of hydrogen-bond acceptors (Lipinski definition) is 6. The minimum absolute atomic E-state index is 0.147. The van der Waals surface area contributed by atoms with Gasteiger partial charge in [-0.25, -0.2) is 4.98 Å². The summed E-state index contributed by atoms with van der Waals surface area (Å²) in [5, 5.41) is 12.1. The molecular weight excluding hydrogens is 338 g/mol. The van der Waals surface area contributed by atoms with Crippen molar-refractivity contribution in [3.05, 3.63) is 40.9 Å². The molecule has 1 aromatic carbocycles. The Kier molecular flexibility index (Phi) is 5.40. The lowest BCUT2D eigenvalue weighted by atomic mass is 10.2. The number of hydrogen-bond donors (Lipinski definition) is 1. The van der Waals surface area contributed by atoms with E-state index < -0.39 is 0 Å². The number of ether oxygens (including phenoxy) is 1. The standard InChI is InChI=1S/C17H21N5O2S/c1-11(16-21-18-10-22(16)7-4-8-24-3)19-17(23)13-5-6-15-14(9-13)20-12(2)25-15/h5-6,9-11H,4,7-8H2,1-3H3,(H,19,23)/t11-/m0/s1. The molecule has 0 aliphatic heterocycles. The van der Waals surface area contributed by atoms with E-state index in [1.54, 1.807) is 24.8 Å². The van der Waals surface area contributed by atoms with Gasteiger partial charge < -0.3 is 14.6 Å². The number of fused-ring (bicyclic) bond motifs is 1. The van der Waals surface area contributed by atoms with Crippen LogP contribution in [0.4, 0.5) is 0 Å². The summed E-state index contributed by atoms with van der Waals surface area (Å²) in [6, 6.07) is 5.34. The van der Waals surface area contributed by atoms with E-state index in [1.807, 2.05) is 36.6 Å². The Morgan fingerprint density at radius 3 is 3.08 bits per heavy atom. The van der Waals surface area contributed by atoms with Crippen LogP contribution in [-0.4, -0.2) is 39.4 Å². The smallest absolute Gasteiger partial charge is 0.251 e. The molecule has 0 saturated carbocycles. The third-order valence-electron chi connectivity index (χ3n) is 3.88. The largest absolute Gasteiger partial charge is 0.385 e. The van der Waals surface area contributed by atoms with Gasteiger partial charge in [-0.1, -0.05) is 0 Å². The predicted octanol–water partition coefficient (Wildman–Crippen LogP) is 2.72. The molecule has 1 N–H and O–H groups in total. The highest BCUT2D eigenvalue weighted by molar-refractivity contribution is 7.18. The maximum absolute atomic E-state index is 12.6. The fourth-order valence-electron chi connectivity index (χ4n) is 2.68. The van der Waals surface area contributed by atoms with Crippen LogP contribution in [0.1, 0.15) is 40.6 Å². The lowest BCUT2D eigenvalue weighted by molar-refractivity contribution is 0.0937. The number of aromatic nitrogens is 4. The molecular formula is C17H21N5O2S. The number of amides is 1. The zero-order valence-corrected chi connectivity index (χ0v) is 15.3. The van der Waals surface area contributed by atoms with Gasteiger partial charge in [0, 0.05) is 25.8 Å². The summed E-state index contributed by atoms with van der Waals surface area (Å²) in [5.41, 5.74) is 1.45. The Balaban J connectivity index is 1.70. The van der Waals surface area contributed by atoms with Gasteiger partial charge in [0.2, 0.25) is 0 Å². The molecule has 1 amide bonds. The molecule has 0 radical (unpaired) electrons. The van der Waals surface area contributed by atoms with Crippen LogP contribution in [0, 0.1) is 6.92 Å². The molecule has 3 rings (SSSR count). The van der Waals surface area contributed by atoms with E-state index >= 15 is 0 Å². The summed E-state index contributed by atoms with van der Waals surface area (Å²) < 4.78 is 8.10. The van der Waals surface area contributed by atoms with Gasteiger partial charge in [0.15, 0.2) is 5.82 Å². The topological polar surface area (TPSA) is 81.9 Å². The molecule has 0 aliphatic rings. The number of aryl methyl sites for hydroxylation is 2. The van der Waals surface area contributed by atoms with Gasteiger partial charge in [-0.15, -0.1) is 21.5 Å². The van der Waals surface area contributed by atoms with Gasteiger partial charge in [-0.3, -0.25) is 4.79 Å². The first kappa shape index (κ1) is 17.5.